The molecule has 3 aromatic rings. The van der Waals surface area contributed by atoms with Crippen molar-refractivity contribution in [3.8, 4) is 11.6 Å². The van der Waals surface area contributed by atoms with Crippen molar-refractivity contribution in [2.45, 2.75) is 34.2 Å². The van der Waals surface area contributed by atoms with Gasteiger partial charge in [-0.3, -0.25) is 9.69 Å². The van der Waals surface area contributed by atoms with Gasteiger partial charge >= 0.3 is 0 Å². The number of aromatic hydroxyl groups is 1. The first-order valence-electron chi connectivity index (χ1n) is 11.1. The molecular formula is C21H30N10O3. The summed E-state index contributed by atoms with van der Waals surface area (Å²) in [4.78, 5) is 17.1. The molecule has 0 saturated carbocycles. The van der Waals surface area contributed by atoms with E-state index in [0.29, 0.717) is 17.8 Å². The number of carbonyl (C=O) groups excluding carboxylic acids is 1. The Morgan fingerprint density at radius 1 is 1.21 bits per heavy atom. The number of carbonyl (C=O) groups is 1. The van der Waals surface area contributed by atoms with Crippen molar-refractivity contribution in [2.75, 3.05) is 36.8 Å². The van der Waals surface area contributed by atoms with Gasteiger partial charge in [0.05, 0.1) is 11.9 Å². The van der Waals surface area contributed by atoms with Crippen molar-refractivity contribution < 1.29 is 14.5 Å². The van der Waals surface area contributed by atoms with Gasteiger partial charge in [0.15, 0.2) is 5.69 Å². The van der Waals surface area contributed by atoms with Gasteiger partial charge in [-0.1, -0.05) is 19.1 Å². The number of phenolic OH excluding ortho intramolecular Hbond substituents is 1. The highest BCUT2D eigenvalue weighted by atomic mass is 16.6. The fourth-order valence-corrected chi connectivity index (χ4v) is 3.43. The molecule has 0 unspecified atom stereocenters. The number of nitrogens with two attached hydrogens (primary N) is 1. The molecule has 0 bridgehead atoms. The average molecular weight is 471 g/mol. The molecule has 1 amide bonds. The van der Waals surface area contributed by atoms with Crippen LogP contribution in [0.2, 0.25) is 0 Å². The van der Waals surface area contributed by atoms with Crippen molar-refractivity contribution >= 4 is 23.6 Å². The molecule has 0 atom stereocenters. The van der Waals surface area contributed by atoms with Crippen LogP contribution in [0.4, 0.5) is 11.5 Å². The monoisotopic (exact) mass is 470 g/mol. The highest BCUT2D eigenvalue weighted by Gasteiger charge is 2.25. The Kier molecular flexibility index (Phi) is 8.14. The fourth-order valence-electron chi connectivity index (χ4n) is 3.43. The molecule has 0 spiro atoms. The molecule has 0 aliphatic rings. The number of anilines is 2. The molecule has 1 aromatic carbocycles. The van der Waals surface area contributed by atoms with Crippen molar-refractivity contribution in [3.05, 3.63) is 35.2 Å². The summed E-state index contributed by atoms with van der Waals surface area (Å²) in [7, 11) is 0. The Hall–Kier alpha value is -4.00. The van der Waals surface area contributed by atoms with E-state index in [1.807, 2.05) is 33.8 Å². The largest absolute Gasteiger partial charge is 0.507 e. The normalized spacial score (nSPS) is 11.4. The number of aromatic nitrogens is 5. The second-order valence-corrected chi connectivity index (χ2v) is 7.35. The number of nitrogens with one attached hydrogen (secondary N) is 1. The number of hydrogen-bond acceptors (Lipinski definition) is 11. The third-order valence-electron chi connectivity index (χ3n) is 5.45. The predicted molar refractivity (Wildman–Crippen MR) is 127 cm³/mol. The molecule has 0 aliphatic heterocycles. The lowest BCUT2D eigenvalue weighted by Crippen LogP contribution is -2.27. The summed E-state index contributed by atoms with van der Waals surface area (Å²) in [6.07, 6.45) is 1.37. The molecule has 13 nitrogen and oxygen atoms in total. The number of amides is 1. The molecule has 2 aromatic heterocycles. The maximum atomic E-state index is 12.9. The Balaban J connectivity index is 1.81. The van der Waals surface area contributed by atoms with E-state index in [1.54, 1.807) is 12.1 Å². The van der Waals surface area contributed by atoms with Crippen molar-refractivity contribution in [3.63, 3.8) is 0 Å². The predicted octanol–water partition coefficient (Wildman–Crippen LogP) is 1.39. The maximum absolute atomic E-state index is 12.9. The summed E-state index contributed by atoms with van der Waals surface area (Å²) >= 11 is 0. The third-order valence-corrected chi connectivity index (χ3v) is 5.45. The lowest BCUT2D eigenvalue weighted by atomic mass is 10.2. The molecule has 182 valence electrons. The lowest BCUT2D eigenvalue weighted by molar-refractivity contribution is 0.0948. The van der Waals surface area contributed by atoms with Gasteiger partial charge in [0.1, 0.15) is 5.75 Å². The van der Waals surface area contributed by atoms with E-state index < -0.39 is 5.91 Å². The minimum Gasteiger partial charge on any atom is -0.507 e. The summed E-state index contributed by atoms with van der Waals surface area (Å²) in [5.74, 6) is -0.335. The number of nitrogens with zero attached hydrogens (tertiary/aromatic N) is 8. The van der Waals surface area contributed by atoms with Gasteiger partial charge in [0.2, 0.25) is 11.6 Å². The summed E-state index contributed by atoms with van der Waals surface area (Å²) in [5.41, 5.74) is 10.1. The molecule has 3 rings (SSSR count). The van der Waals surface area contributed by atoms with Gasteiger partial charge in [0.25, 0.3) is 5.91 Å². The van der Waals surface area contributed by atoms with Crippen LogP contribution in [0.1, 0.15) is 49.4 Å². The second-order valence-electron chi connectivity index (χ2n) is 7.35. The number of hydrogen-bond donors (Lipinski definition) is 3. The van der Waals surface area contributed by atoms with E-state index in [1.165, 1.54) is 10.9 Å². The van der Waals surface area contributed by atoms with Crippen LogP contribution < -0.4 is 16.1 Å². The Labute approximate surface area is 197 Å². The Morgan fingerprint density at radius 2 is 1.94 bits per heavy atom. The Bertz CT molecular complexity index is 1130. The summed E-state index contributed by atoms with van der Waals surface area (Å²) < 4.78 is 6.00. The number of phenols is 1. The minimum absolute atomic E-state index is 0.0271. The summed E-state index contributed by atoms with van der Waals surface area (Å²) in [6, 6.07) is 5.29. The first-order valence-corrected chi connectivity index (χ1v) is 11.1. The van der Waals surface area contributed by atoms with E-state index in [0.717, 1.165) is 31.9 Å². The molecule has 0 radical (unpaired) electrons. The topological polar surface area (TPSA) is 164 Å². The van der Waals surface area contributed by atoms with Gasteiger partial charge in [-0.2, -0.15) is 9.78 Å². The van der Waals surface area contributed by atoms with Gasteiger partial charge < -0.3 is 15.7 Å². The summed E-state index contributed by atoms with van der Waals surface area (Å²) in [6.45, 7) is 11.6. The van der Waals surface area contributed by atoms with Crippen molar-refractivity contribution in [2.24, 2.45) is 5.10 Å². The average Bonchev–Trinajstić information content (AvgIpc) is 3.44. The van der Waals surface area contributed by atoms with Crippen LogP contribution in [-0.4, -0.2) is 73.6 Å². The van der Waals surface area contributed by atoms with Gasteiger partial charge in [-0.05, 0) is 49.4 Å². The minimum atomic E-state index is -0.570. The zero-order valence-electron chi connectivity index (χ0n) is 19.8. The highest BCUT2D eigenvalue weighted by Crippen LogP contribution is 2.23. The second kappa shape index (κ2) is 11.2. The maximum Gasteiger partial charge on any atom is 0.293 e. The Morgan fingerprint density at radius 3 is 2.53 bits per heavy atom. The standard InChI is InChI=1S/C21H30N10O3/c1-5-29(6-2)13-16-18(24-28-31(16)20-19(22)26-34-27-20)21(33)25-23-12-14-9-10-15(11-17(14)32)30(7-3)8-4/h9-12,32H,5-8,13H2,1-4H3,(H2,22,26)(H,25,33)/b23-12+. The van der Waals surface area contributed by atoms with E-state index in [-0.39, 0.29) is 23.1 Å². The van der Waals surface area contributed by atoms with Crippen LogP contribution >= 0.6 is 0 Å². The van der Waals surface area contributed by atoms with Gasteiger partial charge in [-0.25, -0.2) is 10.1 Å². The summed E-state index contributed by atoms with van der Waals surface area (Å²) in [5, 5.41) is 29.7. The SMILES string of the molecule is CCN(CC)Cc1c(C(=O)N/N=C/c2ccc(N(CC)CC)cc2O)nnn1-c1nonc1N. The number of nitrogen functional groups attached to an aromatic ring is 1. The highest BCUT2D eigenvalue weighted by molar-refractivity contribution is 5.94. The smallest absolute Gasteiger partial charge is 0.293 e. The quantitative estimate of drug-likeness (QED) is 0.275. The molecule has 0 aliphatic carbocycles. The van der Waals surface area contributed by atoms with E-state index in [4.69, 9.17) is 5.73 Å². The van der Waals surface area contributed by atoms with E-state index in [9.17, 15) is 9.90 Å². The van der Waals surface area contributed by atoms with Crippen LogP contribution in [-0.2, 0) is 6.54 Å². The van der Waals surface area contributed by atoms with Crippen LogP contribution in [0, 0.1) is 0 Å². The van der Waals surface area contributed by atoms with Gasteiger partial charge in [0, 0.05) is 37.0 Å². The van der Waals surface area contributed by atoms with E-state index >= 15 is 0 Å². The van der Waals surface area contributed by atoms with Gasteiger partial charge in [-0.15, -0.1) is 5.10 Å². The zero-order chi connectivity index (χ0) is 24.7. The molecule has 34 heavy (non-hydrogen) atoms. The van der Waals surface area contributed by atoms with Crippen LogP contribution in [0.5, 0.6) is 5.75 Å². The molecule has 13 heteroatoms. The molecule has 4 N–H and O–H groups in total. The van der Waals surface area contributed by atoms with Crippen molar-refractivity contribution in [1.82, 2.24) is 35.6 Å². The molecular weight excluding hydrogens is 440 g/mol. The first-order chi connectivity index (χ1) is 16.4. The number of rotatable bonds is 11. The number of hydrazone groups is 1. The van der Waals surface area contributed by atoms with Crippen LogP contribution in [0.3, 0.4) is 0 Å². The number of benzene rings is 1. The molecule has 0 fully saturated rings. The molecule has 2 heterocycles. The van der Waals surface area contributed by atoms with Crippen LogP contribution in [0.15, 0.2) is 27.9 Å². The fraction of sp³-hybridized carbons (Fsp3) is 0.429. The van der Waals surface area contributed by atoms with Crippen LogP contribution in [0.25, 0.3) is 5.82 Å². The third kappa shape index (κ3) is 5.31. The zero-order valence-corrected chi connectivity index (χ0v) is 19.8. The van der Waals surface area contributed by atoms with E-state index in [2.05, 4.69) is 45.6 Å². The molecule has 0 saturated heterocycles. The lowest BCUT2D eigenvalue weighted by Gasteiger charge is -2.21. The first kappa shape index (κ1) is 24.6. The van der Waals surface area contributed by atoms with Crippen molar-refractivity contribution in [1.29, 1.82) is 0 Å².